The van der Waals surface area contributed by atoms with Crippen LogP contribution < -0.4 is 10.6 Å². The van der Waals surface area contributed by atoms with Gasteiger partial charge in [-0.1, -0.05) is 42.5 Å². The lowest BCUT2D eigenvalue weighted by atomic mass is 10.1. The maximum Gasteiger partial charge on any atom is 0.418 e. The second-order valence-electron chi connectivity index (χ2n) is 5.01. The van der Waals surface area contributed by atoms with Crippen LogP contribution in [-0.4, -0.2) is 12.6 Å². The Morgan fingerprint density at radius 2 is 1.61 bits per heavy atom. The molecule has 0 saturated carbocycles. The lowest BCUT2D eigenvalue weighted by Crippen LogP contribution is -2.30. The van der Waals surface area contributed by atoms with Gasteiger partial charge in [0.15, 0.2) is 0 Å². The highest BCUT2D eigenvalue weighted by atomic mass is 19.4. The summed E-state index contributed by atoms with van der Waals surface area (Å²) in [5.41, 5.74) is 0.0390. The van der Waals surface area contributed by atoms with Crippen LogP contribution in [0.25, 0.3) is 0 Å². The number of carbonyl (C=O) groups excluding carboxylic acids is 1. The molecule has 0 fully saturated rings. The molecule has 2 rings (SSSR count). The van der Waals surface area contributed by atoms with E-state index >= 15 is 0 Å². The van der Waals surface area contributed by atoms with E-state index in [1.807, 2.05) is 30.3 Å². The molecule has 122 valence electrons. The van der Waals surface area contributed by atoms with Gasteiger partial charge >= 0.3 is 12.2 Å². The van der Waals surface area contributed by atoms with Gasteiger partial charge in [0.25, 0.3) is 0 Å². The van der Waals surface area contributed by atoms with E-state index in [4.69, 9.17) is 0 Å². The summed E-state index contributed by atoms with van der Waals surface area (Å²) in [6.07, 6.45) is -3.00. The van der Waals surface area contributed by atoms with E-state index < -0.39 is 17.8 Å². The zero-order valence-corrected chi connectivity index (χ0v) is 12.4. The minimum absolute atomic E-state index is 0.249. The number of aryl methyl sites for hydroxylation is 1. The third-order valence-electron chi connectivity index (χ3n) is 3.25. The molecule has 0 aliphatic carbocycles. The molecule has 6 heteroatoms. The number of hydrogen-bond acceptors (Lipinski definition) is 1. The fraction of sp³-hybridized carbons (Fsp3) is 0.235. The van der Waals surface area contributed by atoms with Gasteiger partial charge in [0.05, 0.1) is 11.3 Å². The number of amides is 2. The Morgan fingerprint density at radius 3 is 2.30 bits per heavy atom. The topological polar surface area (TPSA) is 41.1 Å². The standard InChI is InChI=1S/C17H17F3N2O/c18-17(19,20)14-10-4-5-11-15(14)22-16(23)21-12-6-9-13-7-2-1-3-8-13/h1-5,7-8,10-11H,6,9,12H2,(H2,21,22,23). The molecule has 0 unspecified atom stereocenters. The van der Waals surface area contributed by atoms with Crippen molar-refractivity contribution in [2.24, 2.45) is 0 Å². The third kappa shape index (κ3) is 5.32. The van der Waals surface area contributed by atoms with E-state index in [2.05, 4.69) is 10.6 Å². The first-order valence-corrected chi connectivity index (χ1v) is 7.22. The maximum atomic E-state index is 12.8. The van der Waals surface area contributed by atoms with Crippen molar-refractivity contribution in [1.29, 1.82) is 0 Å². The number of benzene rings is 2. The summed E-state index contributed by atoms with van der Waals surface area (Å²) in [7, 11) is 0. The van der Waals surface area contributed by atoms with Crippen molar-refractivity contribution in [1.82, 2.24) is 5.32 Å². The van der Waals surface area contributed by atoms with Gasteiger partial charge in [-0.15, -0.1) is 0 Å². The van der Waals surface area contributed by atoms with Crippen LogP contribution in [0.5, 0.6) is 0 Å². The summed E-state index contributed by atoms with van der Waals surface area (Å²) in [4.78, 5) is 11.7. The first-order chi connectivity index (χ1) is 11.0. The van der Waals surface area contributed by atoms with Gasteiger partial charge in [-0.3, -0.25) is 0 Å². The highest BCUT2D eigenvalue weighted by Crippen LogP contribution is 2.34. The number of carbonyl (C=O) groups is 1. The fourth-order valence-electron chi connectivity index (χ4n) is 2.14. The predicted octanol–water partition coefficient (Wildman–Crippen LogP) is 4.46. The molecular formula is C17H17F3N2O. The number of urea groups is 1. The Labute approximate surface area is 132 Å². The van der Waals surface area contributed by atoms with Crippen LogP contribution in [0.1, 0.15) is 17.5 Å². The predicted molar refractivity (Wildman–Crippen MR) is 83.2 cm³/mol. The molecule has 2 aromatic rings. The summed E-state index contributed by atoms with van der Waals surface area (Å²) in [5.74, 6) is 0. The molecule has 23 heavy (non-hydrogen) atoms. The van der Waals surface area contributed by atoms with Crippen LogP contribution in [0.15, 0.2) is 54.6 Å². The number of anilines is 1. The van der Waals surface area contributed by atoms with Crippen molar-refractivity contribution in [3.63, 3.8) is 0 Å². The second kappa shape index (κ2) is 7.67. The average molecular weight is 322 g/mol. The molecule has 0 radical (unpaired) electrons. The van der Waals surface area contributed by atoms with E-state index in [0.29, 0.717) is 13.0 Å². The fourth-order valence-corrected chi connectivity index (χ4v) is 2.14. The van der Waals surface area contributed by atoms with Crippen LogP contribution in [0.3, 0.4) is 0 Å². The molecule has 2 amide bonds. The van der Waals surface area contributed by atoms with Crippen molar-refractivity contribution in [2.45, 2.75) is 19.0 Å². The molecule has 0 bridgehead atoms. The van der Waals surface area contributed by atoms with Gasteiger partial charge < -0.3 is 10.6 Å². The average Bonchev–Trinajstić information content (AvgIpc) is 2.52. The van der Waals surface area contributed by atoms with E-state index in [9.17, 15) is 18.0 Å². The third-order valence-corrected chi connectivity index (χ3v) is 3.25. The van der Waals surface area contributed by atoms with Gasteiger partial charge in [0, 0.05) is 6.54 Å². The number of para-hydroxylation sites is 1. The van der Waals surface area contributed by atoms with E-state index in [1.54, 1.807) is 0 Å². The molecule has 0 aromatic heterocycles. The van der Waals surface area contributed by atoms with E-state index in [-0.39, 0.29) is 5.69 Å². The van der Waals surface area contributed by atoms with Gasteiger partial charge in [-0.2, -0.15) is 13.2 Å². The van der Waals surface area contributed by atoms with Crippen molar-refractivity contribution in [3.8, 4) is 0 Å². The quantitative estimate of drug-likeness (QED) is 0.784. The Kier molecular flexibility index (Phi) is 5.62. The van der Waals surface area contributed by atoms with E-state index in [1.165, 1.54) is 18.2 Å². The zero-order valence-electron chi connectivity index (χ0n) is 12.4. The van der Waals surface area contributed by atoms with Crippen LogP contribution in [-0.2, 0) is 12.6 Å². The molecule has 0 heterocycles. The summed E-state index contributed by atoms with van der Waals surface area (Å²) in [6, 6.07) is 14.0. The molecule has 0 aliphatic rings. The maximum absolute atomic E-state index is 12.8. The first kappa shape index (κ1) is 16.9. The van der Waals surface area contributed by atoms with Crippen molar-refractivity contribution >= 4 is 11.7 Å². The number of halogens is 3. The molecule has 2 N–H and O–H groups in total. The van der Waals surface area contributed by atoms with Gasteiger partial charge in [-0.05, 0) is 30.5 Å². The van der Waals surface area contributed by atoms with Crippen molar-refractivity contribution in [2.75, 3.05) is 11.9 Å². The zero-order chi connectivity index (χ0) is 16.7. The van der Waals surface area contributed by atoms with Crippen molar-refractivity contribution < 1.29 is 18.0 Å². The van der Waals surface area contributed by atoms with Gasteiger partial charge in [0.2, 0.25) is 0 Å². The Balaban J connectivity index is 1.81. The van der Waals surface area contributed by atoms with Crippen LogP contribution in [0.4, 0.5) is 23.7 Å². The highest BCUT2D eigenvalue weighted by Gasteiger charge is 2.33. The van der Waals surface area contributed by atoms with Crippen molar-refractivity contribution in [3.05, 3.63) is 65.7 Å². The molecule has 0 spiro atoms. The van der Waals surface area contributed by atoms with Crippen LogP contribution in [0, 0.1) is 0 Å². The monoisotopic (exact) mass is 322 g/mol. The molecule has 0 atom stereocenters. The number of nitrogens with one attached hydrogen (secondary N) is 2. The first-order valence-electron chi connectivity index (χ1n) is 7.22. The van der Waals surface area contributed by atoms with Crippen LogP contribution in [0.2, 0.25) is 0 Å². The van der Waals surface area contributed by atoms with Gasteiger partial charge in [0.1, 0.15) is 0 Å². The minimum atomic E-state index is -4.50. The molecule has 0 saturated heterocycles. The lowest BCUT2D eigenvalue weighted by Gasteiger charge is -2.14. The number of rotatable bonds is 5. The molecular weight excluding hydrogens is 305 g/mol. The van der Waals surface area contributed by atoms with E-state index in [0.717, 1.165) is 18.1 Å². The lowest BCUT2D eigenvalue weighted by molar-refractivity contribution is -0.136. The summed E-state index contributed by atoms with van der Waals surface area (Å²) in [6.45, 7) is 0.384. The largest absolute Gasteiger partial charge is 0.418 e. The highest BCUT2D eigenvalue weighted by molar-refractivity contribution is 5.90. The van der Waals surface area contributed by atoms with Crippen LogP contribution >= 0.6 is 0 Å². The number of alkyl halides is 3. The summed E-state index contributed by atoms with van der Waals surface area (Å²) < 4.78 is 38.5. The smallest absolute Gasteiger partial charge is 0.338 e. The second-order valence-corrected chi connectivity index (χ2v) is 5.01. The summed E-state index contributed by atoms with van der Waals surface area (Å²) >= 11 is 0. The molecule has 0 aliphatic heterocycles. The Bertz CT molecular complexity index is 642. The Hall–Kier alpha value is -2.50. The number of hydrogen-bond donors (Lipinski definition) is 2. The Morgan fingerprint density at radius 1 is 0.957 bits per heavy atom. The molecule has 3 nitrogen and oxygen atoms in total. The molecule has 2 aromatic carbocycles. The minimum Gasteiger partial charge on any atom is -0.338 e. The SMILES string of the molecule is O=C(NCCCc1ccccc1)Nc1ccccc1C(F)(F)F. The van der Waals surface area contributed by atoms with Gasteiger partial charge in [-0.25, -0.2) is 4.79 Å². The normalized spacial score (nSPS) is 11.1. The summed E-state index contributed by atoms with van der Waals surface area (Å²) in [5, 5.41) is 4.81.